The normalized spacial score (nSPS) is 14.5. The molecule has 0 radical (unpaired) electrons. The summed E-state index contributed by atoms with van der Waals surface area (Å²) in [5, 5.41) is 20.3. The number of benzene rings is 1. The van der Waals surface area contributed by atoms with Crippen molar-refractivity contribution < 1.29 is 19.4 Å². The number of aliphatic carboxylic acids is 1. The van der Waals surface area contributed by atoms with Gasteiger partial charge in [-0.05, 0) is 18.9 Å². The number of rotatable bonds is 7. The maximum atomic E-state index is 12.2. The molecule has 6 nitrogen and oxygen atoms in total. The standard InChI is InChI=1S/C15H18N2O4/c1-10(9-16)8-12(15(19)20)17-14(18)13(21-2)11-6-4-3-5-7-11/h3-7,10,12-13H,8H2,1-2H3,(H,17,18)(H,19,20)/t10-,12-,13-/m1/s1. The Balaban J connectivity index is 2.80. The average Bonchev–Trinajstić information content (AvgIpc) is 2.48. The van der Waals surface area contributed by atoms with Crippen LogP contribution in [-0.4, -0.2) is 30.1 Å². The summed E-state index contributed by atoms with van der Waals surface area (Å²) in [4.78, 5) is 23.3. The van der Waals surface area contributed by atoms with Crippen LogP contribution in [0.1, 0.15) is 25.0 Å². The Hall–Kier alpha value is -2.39. The Morgan fingerprint density at radius 3 is 2.48 bits per heavy atom. The number of nitrogens with zero attached hydrogens (tertiary/aromatic N) is 1. The highest BCUT2D eigenvalue weighted by Crippen LogP contribution is 2.17. The van der Waals surface area contributed by atoms with Crippen molar-refractivity contribution in [3.63, 3.8) is 0 Å². The van der Waals surface area contributed by atoms with Crippen LogP contribution in [0.2, 0.25) is 0 Å². The van der Waals surface area contributed by atoms with Gasteiger partial charge in [-0.2, -0.15) is 5.26 Å². The molecule has 0 aliphatic rings. The molecule has 1 aromatic carbocycles. The summed E-state index contributed by atoms with van der Waals surface area (Å²) in [5.74, 6) is -2.18. The van der Waals surface area contributed by atoms with Gasteiger partial charge < -0.3 is 15.2 Å². The first-order chi connectivity index (χ1) is 9.99. The quantitative estimate of drug-likeness (QED) is 0.792. The highest BCUT2D eigenvalue weighted by atomic mass is 16.5. The summed E-state index contributed by atoms with van der Waals surface area (Å²) in [6.07, 6.45) is -0.839. The fraction of sp³-hybridized carbons (Fsp3) is 0.400. The maximum Gasteiger partial charge on any atom is 0.326 e. The molecule has 2 N–H and O–H groups in total. The Bertz CT molecular complexity index is 524. The van der Waals surface area contributed by atoms with Crippen LogP contribution in [0.5, 0.6) is 0 Å². The molecule has 0 saturated carbocycles. The summed E-state index contributed by atoms with van der Waals surface area (Å²) in [6, 6.07) is 9.62. The van der Waals surface area contributed by atoms with Gasteiger partial charge in [0, 0.05) is 13.0 Å². The van der Waals surface area contributed by atoms with Crippen LogP contribution in [0.15, 0.2) is 30.3 Å². The van der Waals surface area contributed by atoms with Gasteiger partial charge in [0.15, 0.2) is 6.10 Å². The predicted molar refractivity (Wildman–Crippen MR) is 75.2 cm³/mol. The maximum absolute atomic E-state index is 12.2. The van der Waals surface area contributed by atoms with Crippen LogP contribution in [0.4, 0.5) is 0 Å². The summed E-state index contributed by atoms with van der Waals surface area (Å²) >= 11 is 0. The molecule has 112 valence electrons. The van der Waals surface area contributed by atoms with Crippen LogP contribution in [0, 0.1) is 17.2 Å². The second kappa shape index (κ2) is 8.02. The molecule has 1 aromatic rings. The Kier molecular flexibility index (Phi) is 6.37. The minimum Gasteiger partial charge on any atom is -0.480 e. The first-order valence-corrected chi connectivity index (χ1v) is 6.50. The second-order valence-electron chi connectivity index (χ2n) is 4.69. The topological polar surface area (TPSA) is 99.4 Å². The van der Waals surface area contributed by atoms with Crippen LogP contribution in [0.3, 0.4) is 0 Å². The molecule has 0 saturated heterocycles. The first-order valence-electron chi connectivity index (χ1n) is 6.50. The molecule has 0 heterocycles. The van der Waals surface area contributed by atoms with Gasteiger partial charge in [0.1, 0.15) is 6.04 Å². The SMILES string of the molecule is CO[C@@H](C(=O)N[C@H](C[C@@H](C)C#N)C(=O)O)c1ccccc1. The van der Waals surface area contributed by atoms with Gasteiger partial charge in [0.05, 0.1) is 6.07 Å². The number of hydrogen-bond acceptors (Lipinski definition) is 4. The molecule has 0 aliphatic carbocycles. The molecule has 1 amide bonds. The number of carbonyl (C=O) groups excluding carboxylic acids is 1. The summed E-state index contributed by atoms with van der Waals surface area (Å²) < 4.78 is 5.14. The Labute approximate surface area is 123 Å². The summed E-state index contributed by atoms with van der Waals surface area (Å²) in [6.45, 7) is 1.60. The molecule has 0 aromatic heterocycles. The molecule has 0 aliphatic heterocycles. The second-order valence-corrected chi connectivity index (χ2v) is 4.69. The van der Waals surface area contributed by atoms with Crippen molar-refractivity contribution in [1.29, 1.82) is 5.26 Å². The number of nitrogens with one attached hydrogen (secondary N) is 1. The van der Waals surface area contributed by atoms with E-state index in [-0.39, 0.29) is 6.42 Å². The fourth-order valence-electron chi connectivity index (χ4n) is 1.90. The average molecular weight is 290 g/mol. The van der Waals surface area contributed by atoms with Crippen LogP contribution in [0.25, 0.3) is 0 Å². The molecule has 21 heavy (non-hydrogen) atoms. The summed E-state index contributed by atoms with van der Waals surface area (Å²) in [5.41, 5.74) is 0.634. The van der Waals surface area contributed by atoms with Crippen LogP contribution < -0.4 is 5.32 Å². The zero-order chi connectivity index (χ0) is 15.8. The van der Waals surface area contributed by atoms with E-state index in [1.165, 1.54) is 7.11 Å². The highest BCUT2D eigenvalue weighted by Gasteiger charge is 2.27. The number of carboxylic acid groups (broad SMARTS) is 1. The van der Waals surface area contributed by atoms with Crippen molar-refractivity contribution in [2.45, 2.75) is 25.5 Å². The molecule has 0 bridgehead atoms. The van der Waals surface area contributed by atoms with Crippen molar-refractivity contribution in [2.75, 3.05) is 7.11 Å². The zero-order valence-corrected chi connectivity index (χ0v) is 11.9. The molecule has 0 unspecified atom stereocenters. The van der Waals surface area contributed by atoms with Crippen molar-refractivity contribution in [2.24, 2.45) is 5.92 Å². The highest BCUT2D eigenvalue weighted by molar-refractivity contribution is 5.87. The van der Waals surface area contributed by atoms with Crippen molar-refractivity contribution in [3.05, 3.63) is 35.9 Å². The number of hydrogen-bond donors (Lipinski definition) is 2. The van der Waals surface area contributed by atoms with E-state index >= 15 is 0 Å². The van der Waals surface area contributed by atoms with Crippen molar-refractivity contribution in [3.8, 4) is 6.07 Å². The number of carboxylic acids is 1. The van der Waals surface area contributed by atoms with Crippen molar-refractivity contribution in [1.82, 2.24) is 5.32 Å². The smallest absolute Gasteiger partial charge is 0.326 e. The fourth-order valence-corrected chi connectivity index (χ4v) is 1.90. The molecule has 0 spiro atoms. The van der Waals surface area contributed by atoms with Crippen LogP contribution in [-0.2, 0) is 14.3 Å². The number of ether oxygens (including phenoxy) is 1. The number of methoxy groups -OCH3 is 1. The third-order valence-electron chi connectivity index (χ3n) is 3.00. The third-order valence-corrected chi connectivity index (χ3v) is 3.00. The van der Waals surface area contributed by atoms with Crippen LogP contribution >= 0.6 is 0 Å². The number of carbonyl (C=O) groups is 2. The van der Waals surface area contributed by atoms with Gasteiger partial charge in [-0.25, -0.2) is 4.79 Å². The van der Waals surface area contributed by atoms with Gasteiger partial charge in [-0.3, -0.25) is 4.79 Å². The molecular weight excluding hydrogens is 272 g/mol. The molecule has 3 atom stereocenters. The molecule has 1 rings (SSSR count). The van der Waals surface area contributed by atoms with E-state index in [0.29, 0.717) is 5.56 Å². The Morgan fingerprint density at radius 1 is 1.38 bits per heavy atom. The van der Waals surface area contributed by atoms with Gasteiger partial charge >= 0.3 is 5.97 Å². The van der Waals surface area contributed by atoms with E-state index in [1.54, 1.807) is 31.2 Å². The zero-order valence-electron chi connectivity index (χ0n) is 11.9. The first kappa shape index (κ1) is 16.7. The monoisotopic (exact) mass is 290 g/mol. The summed E-state index contributed by atoms with van der Waals surface area (Å²) in [7, 11) is 1.38. The minimum absolute atomic E-state index is 0.0444. The third kappa shape index (κ3) is 4.89. The van der Waals surface area contributed by atoms with Gasteiger partial charge in [0.2, 0.25) is 0 Å². The molecular formula is C15H18N2O4. The lowest BCUT2D eigenvalue weighted by Crippen LogP contribution is -2.44. The predicted octanol–water partition coefficient (Wildman–Crippen LogP) is 1.49. The van der Waals surface area contributed by atoms with Gasteiger partial charge in [0.25, 0.3) is 5.91 Å². The number of nitriles is 1. The minimum atomic E-state index is -1.17. The van der Waals surface area contributed by atoms with E-state index in [1.807, 2.05) is 12.1 Å². The van der Waals surface area contributed by atoms with Gasteiger partial charge in [-0.1, -0.05) is 30.3 Å². The van der Waals surface area contributed by atoms with E-state index < -0.39 is 29.9 Å². The lowest BCUT2D eigenvalue weighted by atomic mass is 10.0. The lowest BCUT2D eigenvalue weighted by Gasteiger charge is -2.20. The number of amides is 1. The molecule has 0 fully saturated rings. The van der Waals surface area contributed by atoms with E-state index in [2.05, 4.69) is 5.32 Å². The van der Waals surface area contributed by atoms with E-state index in [0.717, 1.165) is 0 Å². The largest absolute Gasteiger partial charge is 0.480 e. The van der Waals surface area contributed by atoms with Gasteiger partial charge in [-0.15, -0.1) is 0 Å². The molecule has 6 heteroatoms. The van der Waals surface area contributed by atoms with E-state index in [4.69, 9.17) is 15.1 Å². The Morgan fingerprint density at radius 2 is 2.00 bits per heavy atom. The van der Waals surface area contributed by atoms with E-state index in [9.17, 15) is 9.59 Å². The van der Waals surface area contributed by atoms with Crippen molar-refractivity contribution >= 4 is 11.9 Å². The lowest BCUT2D eigenvalue weighted by molar-refractivity contribution is -0.144.